The van der Waals surface area contributed by atoms with Crippen LogP contribution in [0.3, 0.4) is 0 Å². The maximum atomic E-state index is 5.60. The number of nitrogens with zero attached hydrogens (tertiary/aromatic N) is 3. The Morgan fingerprint density at radius 2 is 1.79 bits per heavy atom. The lowest BCUT2D eigenvalue weighted by Gasteiger charge is -2.19. The van der Waals surface area contributed by atoms with Crippen molar-refractivity contribution in [2.75, 3.05) is 38.1 Å². The molecule has 1 aliphatic heterocycles. The monoisotopic (exact) mass is 395 g/mol. The number of methoxy groups -OCH3 is 2. The van der Waals surface area contributed by atoms with Crippen molar-refractivity contribution >= 4 is 17.5 Å². The summed E-state index contributed by atoms with van der Waals surface area (Å²) < 4.78 is 21.7. The Morgan fingerprint density at radius 3 is 2.62 bits per heavy atom. The van der Waals surface area contributed by atoms with Gasteiger partial charge in [0.1, 0.15) is 13.2 Å². The molecule has 150 valence electrons. The molecule has 0 spiro atoms. The van der Waals surface area contributed by atoms with Gasteiger partial charge in [0, 0.05) is 18.3 Å². The van der Waals surface area contributed by atoms with Crippen molar-refractivity contribution in [2.24, 2.45) is 0 Å². The van der Waals surface area contributed by atoms with E-state index >= 15 is 0 Å². The van der Waals surface area contributed by atoms with Crippen LogP contribution in [-0.2, 0) is 6.54 Å². The first-order valence-electron chi connectivity index (χ1n) is 9.06. The second-order valence-electron chi connectivity index (χ2n) is 6.19. The van der Waals surface area contributed by atoms with Crippen LogP contribution in [0, 0.1) is 0 Å². The van der Waals surface area contributed by atoms with Gasteiger partial charge >= 0.3 is 0 Å². The summed E-state index contributed by atoms with van der Waals surface area (Å²) >= 11 is 0. The van der Waals surface area contributed by atoms with Crippen LogP contribution >= 0.6 is 0 Å². The number of benzene rings is 2. The molecule has 4 rings (SSSR count). The lowest BCUT2D eigenvalue weighted by molar-refractivity contribution is 0.171. The smallest absolute Gasteiger partial charge is 0.244 e. The first-order chi connectivity index (χ1) is 14.2. The molecule has 0 amide bonds. The molecule has 0 atom stereocenters. The van der Waals surface area contributed by atoms with Crippen LogP contribution in [0.5, 0.6) is 23.0 Å². The number of hydrogen-bond donors (Lipinski definition) is 2. The third kappa shape index (κ3) is 4.40. The number of ether oxygens (including phenoxy) is 4. The number of rotatable bonds is 7. The summed E-state index contributed by atoms with van der Waals surface area (Å²) in [5.41, 5.74) is 1.82. The van der Waals surface area contributed by atoms with E-state index in [1.807, 2.05) is 36.4 Å². The summed E-state index contributed by atoms with van der Waals surface area (Å²) in [7, 11) is 3.21. The summed E-state index contributed by atoms with van der Waals surface area (Å²) in [5.74, 6) is 3.75. The molecule has 1 aliphatic rings. The maximum absolute atomic E-state index is 5.60. The van der Waals surface area contributed by atoms with E-state index in [4.69, 9.17) is 18.9 Å². The second kappa shape index (κ2) is 8.51. The zero-order valence-electron chi connectivity index (χ0n) is 16.1. The van der Waals surface area contributed by atoms with E-state index in [-0.39, 0.29) is 0 Å². The van der Waals surface area contributed by atoms with Gasteiger partial charge in [-0.3, -0.25) is 0 Å². The van der Waals surface area contributed by atoms with E-state index in [9.17, 15) is 0 Å². The van der Waals surface area contributed by atoms with Crippen LogP contribution < -0.4 is 29.6 Å². The van der Waals surface area contributed by atoms with Gasteiger partial charge in [0.05, 0.1) is 20.4 Å². The second-order valence-corrected chi connectivity index (χ2v) is 6.19. The first kappa shape index (κ1) is 18.6. The van der Waals surface area contributed by atoms with Gasteiger partial charge in [-0.15, -0.1) is 5.10 Å². The third-order valence-corrected chi connectivity index (χ3v) is 4.27. The van der Waals surface area contributed by atoms with E-state index in [0.29, 0.717) is 48.8 Å². The fourth-order valence-corrected chi connectivity index (χ4v) is 2.88. The molecule has 3 aromatic rings. The predicted molar refractivity (Wildman–Crippen MR) is 107 cm³/mol. The van der Waals surface area contributed by atoms with Gasteiger partial charge in [-0.25, -0.2) is 0 Å². The van der Waals surface area contributed by atoms with E-state index < -0.39 is 0 Å². The Morgan fingerprint density at radius 1 is 0.966 bits per heavy atom. The van der Waals surface area contributed by atoms with Crippen molar-refractivity contribution in [3.63, 3.8) is 0 Å². The molecule has 1 aromatic heterocycles. The number of anilines is 3. The fraction of sp³-hybridized carbons (Fsp3) is 0.250. The van der Waals surface area contributed by atoms with Crippen molar-refractivity contribution in [1.29, 1.82) is 0 Å². The van der Waals surface area contributed by atoms with Gasteiger partial charge in [-0.1, -0.05) is 6.07 Å². The van der Waals surface area contributed by atoms with Crippen molar-refractivity contribution in [3.8, 4) is 23.0 Å². The molecule has 0 saturated carbocycles. The van der Waals surface area contributed by atoms with Gasteiger partial charge in [0.15, 0.2) is 28.8 Å². The van der Waals surface area contributed by atoms with Crippen LogP contribution in [0.4, 0.5) is 17.5 Å². The normalized spacial score (nSPS) is 12.2. The van der Waals surface area contributed by atoms with Crippen molar-refractivity contribution in [2.45, 2.75) is 6.54 Å². The van der Waals surface area contributed by atoms with Crippen molar-refractivity contribution < 1.29 is 18.9 Å². The Kier molecular flexibility index (Phi) is 5.46. The van der Waals surface area contributed by atoms with Crippen LogP contribution in [-0.4, -0.2) is 42.6 Å². The number of hydrogen-bond acceptors (Lipinski definition) is 9. The number of aromatic nitrogens is 3. The van der Waals surface area contributed by atoms with Crippen LogP contribution in [0.1, 0.15) is 5.56 Å². The zero-order chi connectivity index (χ0) is 20.1. The molecule has 0 radical (unpaired) electrons. The topological polar surface area (TPSA) is 99.7 Å². The van der Waals surface area contributed by atoms with Crippen LogP contribution in [0.25, 0.3) is 0 Å². The molecule has 0 unspecified atom stereocenters. The van der Waals surface area contributed by atoms with E-state index in [1.54, 1.807) is 20.4 Å². The average molecular weight is 395 g/mol. The Labute approximate surface area is 168 Å². The fourth-order valence-electron chi connectivity index (χ4n) is 2.88. The van der Waals surface area contributed by atoms with Crippen molar-refractivity contribution in [3.05, 3.63) is 48.2 Å². The zero-order valence-corrected chi connectivity index (χ0v) is 16.1. The third-order valence-electron chi connectivity index (χ3n) is 4.27. The molecule has 0 fully saturated rings. The molecule has 2 N–H and O–H groups in total. The van der Waals surface area contributed by atoms with Gasteiger partial charge in [0.2, 0.25) is 5.95 Å². The molecular formula is C20H21N5O4. The summed E-state index contributed by atoms with van der Waals surface area (Å²) in [6.07, 6.45) is 1.55. The Bertz CT molecular complexity index is 998. The highest BCUT2D eigenvalue weighted by molar-refractivity contribution is 5.61. The van der Waals surface area contributed by atoms with Crippen molar-refractivity contribution in [1.82, 2.24) is 15.2 Å². The van der Waals surface area contributed by atoms with E-state index in [1.165, 1.54) is 0 Å². The van der Waals surface area contributed by atoms with Crippen LogP contribution in [0.2, 0.25) is 0 Å². The van der Waals surface area contributed by atoms with Gasteiger partial charge in [-0.05, 0) is 29.8 Å². The molecule has 29 heavy (non-hydrogen) atoms. The molecule has 2 aromatic carbocycles. The van der Waals surface area contributed by atoms with Gasteiger partial charge < -0.3 is 29.6 Å². The highest BCUT2D eigenvalue weighted by Gasteiger charge is 2.12. The molecular weight excluding hydrogens is 374 g/mol. The predicted octanol–water partition coefficient (Wildman–Crippen LogP) is 3.02. The van der Waals surface area contributed by atoms with Gasteiger partial charge in [-0.2, -0.15) is 10.1 Å². The number of nitrogens with one attached hydrogen (secondary N) is 2. The lowest BCUT2D eigenvalue weighted by atomic mass is 10.2. The lowest BCUT2D eigenvalue weighted by Crippen LogP contribution is -2.15. The molecule has 0 saturated heterocycles. The Balaban J connectivity index is 1.42. The van der Waals surface area contributed by atoms with Crippen LogP contribution in [0.15, 0.2) is 42.6 Å². The Hall–Kier alpha value is -3.75. The quantitative estimate of drug-likeness (QED) is 0.625. The van der Waals surface area contributed by atoms with Gasteiger partial charge in [0.25, 0.3) is 0 Å². The van der Waals surface area contributed by atoms with E-state index in [2.05, 4.69) is 25.8 Å². The summed E-state index contributed by atoms with van der Waals surface area (Å²) in [4.78, 5) is 4.45. The molecule has 0 aliphatic carbocycles. The summed E-state index contributed by atoms with van der Waals surface area (Å²) in [6.45, 7) is 1.61. The first-order valence-corrected chi connectivity index (χ1v) is 9.06. The minimum absolute atomic E-state index is 0.405. The molecule has 0 bridgehead atoms. The largest absolute Gasteiger partial charge is 0.493 e. The highest BCUT2D eigenvalue weighted by Crippen LogP contribution is 2.33. The minimum Gasteiger partial charge on any atom is -0.493 e. The number of fused-ring (bicyclic) bond motifs is 1. The highest BCUT2D eigenvalue weighted by atomic mass is 16.6. The summed E-state index contributed by atoms with van der Waals surface area (Å²) in [6, 6.07) is 11.3. The summed E-state index contributed by atoms with van der Waals surface area (Å²) in [5, 5.41) is 14.4. The minimum atomic E-state index is 0.405. The molecule has 9 nitrogen and oxygen atoms in total. The standard InChI is InChI=1S/C20H21N5O4/c1-26-15-5-3-13(9-17(15)27-2)11-21-20-24-19(12-22-25-20)23-14-4-6-16-18(10-14)29-8-7-28-16/h3-6,9-10,12H,7-8,11H2,1-2H3,(H2,21,23,24,25). The average Bonchev–Trinajstić information content (AvgIpc) is 2.77. The van der Waals surface area contributed by atoms with E-state index in [0.717, 1.165) is 17.0 Å². The maximum Gasteiger partial charge on any atom is 0.244 e. The SMILES string of the molecule is COc1ccc(CNc2nncc(Nc3ccc4c(c3)OCCO4)n2)cc1OC. The molecule has 2 heterocycles. The molecule has 9 heteroatoms.